The zero-order chi connectivity index (χ0) is 14.4. The van der Waals surface area contributed by atoms with E-state index in [0.29, 0.717) is 31.4 Å². The summed E-state index contributed by atoms with van der Waals surface area (Å²) in [5, 5.41) is 2.93. The van der Waals surface area contributed by atoms with E-state index in [4.69, 9.17) is 4.74 Å². The second-order valence-corrected chi connectivity index (χ2v) is 5.13. The Kier molecular flexibility index (Phi) is 5.35. The number of amides is 1. The van der Waals surface area contributed by atoms with Crippen LogP contribution in [0.3, 0.4) is 0 Å². The molecule has 1 heterocycles. The van der Waals surface area contributed by atoms with Gasteiger partial charge in [0.1, 0.15) is 11.6 Å². The molecule has 0 aromatic heterocycles. The molecule has 0 spiro atoms. The minimum atomic E-state index is -0.296. The average Bonchev–Trinajstić information content (AvgIpc) is 2.84. The zero-order valence-corrected chi connectivity index (χ0v) is 11.8. The number of carbonyl (C=O) groups excluding carboxylic acids is 1. The summed E-state index contributed by atoms with van der Waals surface area (Å²) in [5.41, 5.74) is 0. The van der Waals surface area contributed by atoms with Gasteiger partial charge in [0.2, 0.25) is 5.91 Å². The molecule has 1 N–H and O–H groups in total. The SMILES string of the molecule is CN1CCCC1CNC(=O)CCOc1ccc(F)cc1. The van der Waals surface area contributed by atoms with Crippen molar-refractivity contribution in [1.29, 1.82) is 0 Å². The number of rotatable bonds is 6. The Hall–Kier alpha value is -1.62. The van der Waals surface area contributed by atoms with Crippen LogP contribution in [0, 0.1) is 5.82 Å². The smallest absolute Gasteiger partial charge is 0.223 e. The molecule has 20 heavy (non-hydrogen) atoms. The Morgan fingerprint density at radius 2 is 2.20 bits per heavy atom. The standard InChI is InChI=1S/C15H21FN2O2/c1-18-9-2-3-13(18)11-17-15(19)8-10-20-14-6-4-12(16)5-7-14/h4-7,13H,2-3,8-11H2,1H3,(H,17,19). The lowest BCUT2D eigenvalue weighted by Gasteiger charge is -2.19. The predicted molar refractivity (Wildman–Crippen MR) is 75.2 cm³/mol. The van der Waals surface area contributed by atoms with Gasteiger partial charge in [-0.05, 0) is 50.7 Å². The summed E-state index contributed by atoms with van der Waals surface area (Å²) < 4.78 is 18.1. The van der Waals surface area contributed by atoms with Crippen LogP contribution in [-0.2, 0) is 4.79 Å². The van der Waals surface area contributed by atoms with Crippen molar-refractivity contribution in [3.63, 3.8) is 0 Å². The van der Waals surface area contributed by atoms with E-state index in [9.17, 15) is 9.18 Å². The first-order valence-corrected chi connectivity index (χ1v) is 7.00. The van der Waals surface area contributed by atoms with Crippen molar-refractivity contribution >= 4 is 5.91 Å². The van der Waals surface area contributed by atoms with Gasteiger partial charge in [-0.15, -0.1) is 0 Å². The third-order valence-corrected chi connectivity index (χ3v) is 3.62. The second-order valence-electron chi connectivity index (χ2n) is 5.13. The molecule has 0 bridgehead atoms. The predicted octanol–water partition coefficient (Wildman–Crippen LogP) is 1.80. The first-order valence-electron chi connectivity index (χ1n) is 7.00. The molecule has 1 fully saturated rings. The molecule has 1 aromatic carbocycles. The van der Waals surface area contributed by atoms with E-state index in [0.717, 1.165) is 13.0 Å². The lowest BCUT2D eigenvalue weighted by molar-refractivity contribution is -0.121. The van der Waals surface area contributed by atoms with Gasteiger partial charge in [0.05, 0.1) is 13.0 Å². The summed E-state index contributed by atoms with van der Waals surface area (Å²) in [7, 11) is 2.08. The van der Waals surface area contributed by atoms with E-state index < -0.39 is 0 Å². The molecule has 0 saturated carbocycles. The molecule has 1 unspecified atom stereocenters. The van der Waals surface area contributed by atoms with E-state index in [1.54, 1.807) is 12.1 Å². The highest BCUT2D eigenvalue weighted by Crippen LogP contribution is 2.13. The Labute approximate surface area is 118 Å². The number of nitrogens with one attached hydrogen (secondary N) is 1. The number of carbonyl (C=O) groups is 1. The van der Waals surface area contributed by atoms with Gasteiger partial charge in [0.25, 0.3) is 0 Å². The summed E-state index contributed by atoms with van der Waals surface area (Å²) in [6.45, 7) is 2.11. The average molecular weight is 280 g/mol. The van der Waals surface area contributed by atoms with Crippen molar-refractivity contribution in [2.45, 2.75) is 25.3 Å². The number of hydrogen-bond acceptors (Lipinski definition) is 3. The van der Waals surface area contributed by atoms with Crippen molar-refractivity contribution in [1.82, 2.24) is 10.2 Å². The van der Waals surface area contributed by atoms with Crippen LogP contribution in [0.25, 0.3) is 0 Å². The van der Waals surface area contributed by atoms with Crippen molar-refractivity contribution in [2.75, 3.05) is 26.7 Å². The van der Waals surface area contributed by atoms with Crippen molar-refractivity contribution in [2.24, 2.45) is 0 Å². The molecule has 0 aliphatic carbocycles. The Bertz CT molecular complexity index is 436. The third-order valence-electron chi connectivity index (χ3n) is 3.62. The molecule has 2 rings (SSSR count). The summed E-state index contributed by atoms with van der Waals surface area (Å²) in [6.07, 6.45) is 2.65. The van der Waals surface area contributed by atoms with Crippen LogP contribution in [0.15, 0.2) is 24.3 Å². The maximum absolute atomic E-state index is 12.7. The van der Waals surface area contributed by atoms with Crippen LogP contribution >= 0.6 is 0 Å². The van der Waals surface area contributed by atoms with Crippen LogP contribution in [0.5, 0.6) is 5.75 Å². The minimum Gasteiger partial charge on any atom is -0.493 e. The van der Waals surface area contributed by atoms with Crippen LogP contribution in [-0.4, -0.2) is 43.6 Å². The fraction of sp³-hybridized carbons (Fsp3) is 0.533. The number of likely N-dealkylation sites (tertiary alicyclic amines) is 1. The van der Waals surface area contributed by atoms with Crippen LogP contribution in [0.2, 0.25) is 0 Å². The fourth-order valence-corrected chi connectivity index (χ4v) is 2.35. The number of hydrogen-bond donors (Lipinski definition) is 1. The Morgan fingerprint density at radius 1 is 1.45 bits per heavy atom. The Balaban J connectivity index is 1.61. The number of nitrogens with zero attached hydrogens (tertiary/aromatic N) is 1. The van der Waals surface area contributed by atoms with Gasteiger partial charge in [-0.2, -0.15) is 0 Å². The summed E-state index contributed by atoms with van der Waals surface area (Å²) >= 11 is 0. The molecular formula is C15H21FN2O2. The lowest BCUT2D eigenvalue weighted by Crippen LogP contribution is -2.38. The molecule has 0 radical (unpaired) electrons. The van der Waals surface area contributed by atoms with Gasteiger partial charge in [-0.25, -0.2) is 4.39 Å². The monoisotopic (exact) mass is 280 g/mol. The molecule has 5 heteroatoms. The van der Waals surface area contributed by atoms with Crippen molar-refractivity contribution < 1.29 is 13.9 Å². The van der Waals surface area contributed by atoms with Crippen molar-refractivity contribution in [3.05, 3.63) is 30.1 Å². The first kappa shape index (κ1) is 14.8. The van der Waals surface area contributed by atoms with Crippen LogP contribution in [0.4, 0.5) is 4.39 Å². The van der Waals surface area contributed by atoms with Gasteiger partial charge in [-0.1, -0.05) is 0 Å². The van der Waals surface area contributed by atoms with E-state index in [2.05, 4.69) is 17.3 Å². The maximum Gasteiger partial charge on any atom is 0.223 e. The molecule has 1 saturated heterocycles. The number of likely N-dealkylation sites (N-methyl/N-ethyl adjacent to an activating group) is 1. The van der Waals surface area contributed by atoms with Crippen molar-refractivity contribution in [3.8, 4) is 5.75 Å². The molecule has 1 atom stereocenters. The number of halogens is 1. The third kappa shape index (κ3) is 4.49. The molecule has 1 aliphatic rings. The molecule has 110 valence electrons. The number of benzene rings is 1. The van der Waals surface area contributed by atoms with Crippen LogP contribution in [0.1, 0.15) is 19.3 Å². The van der Waals surface area contributed by atoms with E-state index >= 15 is 0 Å². The normalized spacial score (nSPS) is 19.0. The van der Waals surface area contributed by atoms with E-state index in [1.165, 1.54) is 18.6 Å². The second kappa shape index (κ2) is 7.24. The summed E-state index contributed by atoms with van der Waals surface area (Å²) in [4.78, 5) is 14.0. The Morgan fingerprint density at radius 3 is 2.85 bits per heavy atom. The van der Waals surface area contributed by atoms with E-state index in [-0.39, 0.29) is 11.7 Å². The topological polar surface area (TPSA) is 41.6 Å². The largest absolute Gasteiger partial charge is 0.493 e. The fourth-order valence-electron chi connectivity index (χ4n) is 2.35. The highest BCUT2D eigenvalue weighted by molar-refractivity contribution is 5.76. The summed E-state index contributed by atoms with van der Waals surface area (Å²) in [6, 6.07) is 6.25. The maximum atomic E-state index is 12.7. The van der Waals surface area contributed by atoms with Crippen LogP contribution < -0.4 is 10.1 Å². The number of ether oxygens (including phenoxy) is 1. The molecule has 1 amide bonds. The highest BCUT2D eigenvalue weighted by atomic mass is 19.1. The molecule has 4 nitrogen and oxygen atoms in total. The minimum absolute atomic E-state index is 0.00703. The van der Waals surface area contributed by atoms with Gasteiger partial charge >= 0.3 is 0 Å². The van der Waals surface area contributed by atoms with Gasteiger partial charge in [0, 0.05) is 12.6 Å². The van der Waals surface area contributed by atoms with Gasteiger partial charge < -0.3 is 15.0 Å². The van der Waals surface area contributed by atoms with E-state index in [1.807, 2.05) is 0 Å². The van der Waals surface area contributed by atoms with Gasteiger partial charge in [0.15, 0.2) is 0 Å². The molecule has 1 aliphatic heterocycles. The highest BCUT2D eigenvalue weighted by Gasteiger charge is 2.20. The summed E-state index contributed by atoms with van der Waals surface area (Å²) in [5.74, 6) is 0.276. The lowest BCUT2D eigenvalue weighted by atomic mass is 10.2. The zero-order valence-electron chi connectivity index (χ0n) is 11.8. The molecular weight excluding hydrogens is 259 g/mol. The van der Waals surface area contributed by atoms with Gasteiger partial charge in [-0.3, -0.25) is 4.79 Å². The molecule has 1 aromatic rings. The quantitative estimate of drug-likeness (QED) is 0.864. The first-order chi connectivity index (χ1) is 9.65.